The summed E-state index contributed by atoms with van der Waals surface area (Å²) in [6, 6.07) is 11.1. The minimum atomic E-state index is -0.627. The molecule has 2 aromatic heterocycles. The molecule has 2 atom stereocenters. The van der Waals surface area contributed by atoms with Gasteiger partial charge in [-0.3, -0.25) is 9.59 Å². The van der Waals surface area contributed by atoms with Gasteiger partial charge in [0.2, 0.25) is 23.5 Å². The molecule has 1 aromatic carbocycles. The molecule has 0 unspecified atom stereocenters. The molecule has 0 spiro atoms. The molecule has 2 N–H and O–H groups in total. The Balaban J connectivity index is 1.34. The number of aryl methyl sites for hydroxylation is 1. The van der Waals surface area contributed by atoms with E-state index in [9.17, 15) is 9.59 Å². The molecule has 8 nitrogen and oxygen atoms in total. The predicted molar refractivity (Wildman–Crippen MR) is 134 cm³/mol. The van der Waals surface area contributed by atoms with Crippen LogP contribution in [-0.2, 0) is 16.0 Å². The molecule has 1 aliphatic heterocycles. The molecule has 1 fully saturated rings. The largest absolute Gasteiger partial charge is 0.371 e. The number of hydrogen-bond acceptors (Lipinski definition) is 7. The van der Waals surface area contributed by atoms with Crippen molar-refractivity contribution in [1.82, 2.24) is 15.5 Å². The molecule has 34 heavy (non-hydrogen) atoms. The third-order valence-electron chi connectivity index (χ3n) is 6.17. The summed E-state index contributed by atoms with van der Waals surface area (Å²) in [5.74, 6) is 0.487. The van der Waals surface area contributed by atoms with E-state index in [0.29, 0.717) is 18.1 Å². The number of rotatable bonds is 10. The van der Waals surface area contributed by atoms with E-state index < -0.39 is 6.04 Å². The first-order valence-electron chi connectivity index (χ1n) is 11.8. The molecule has 1 saturated heterocycles. The molecule has 9 heteroatoms. The SMILES string of the molecule is CC[C@@H](C)[C@H](NC(=O)CCc1nc(-c2cccs2)no1)C(=O)Nc1cccc(N2CCCC2)c1. The van der Waals surface area contributed by atoms with Gasteiger partial charge in [0, 0.05) is 37.3 Å². The molecule has 1 aliphatic rings. The van der Waals surface area contributed by atoms with Crippen molar-refractivity contribution in [3.8, 4) is 10.7 Å². The van der Waals surface area contributed by atoms with Gasteiger partial charge in [0.05, 0.1) is 4.88 Å². The highest BCUT2D eigenvalue weighted by Gasteiger charge is 2.26. The summed E-state index contributed by atoms with van der Waals surface area (Å²) in [7, 11) is 0. The Morgan fingerprint density at radius 2 is 2.03 bits per heavy atom. The summed E-state index contributed by atoms with van der Waals surface area (Å²) in [6.07, 6.45) is 3.63. The lowest BCUT2D eigenvalue weighted by molar-refractivity contribution is -0.127. The minimum absolute atomic E-state index is 0.0143. The Hall–Kier alpha value is -3.20. The van der Waals surface area contributed by atoms with Gasteiger partial charge in [-0.05, 0) is 48.4 Å². The Morgan fingerprint density at radius 1 is 1.21 bits per heavy atom. The van der Waals surface area contributed by atoms with E-state index in [4.69, 9.17) is 4.52 Å². The maximum atomic E-state index is 13.1. The van der Waals surface area contributed by atoms with Crippen molar-refractivity contribution in [1.29, 1.82) is 0 Å². The van der Waals surface area contributed by atoms with Crippen LogP contribution in [0.25, 0.3) is 10.7 Å². The lowest BCUT2D eigenvalue weighted by atomic mass is 9.98. The standard InChI is InChI=1S/C25H31N5O3S/c1-3-17(2)23(25(32)26-18-8-6-9-19(16-18)30-13-4-5-14-30)27-21(31)11-12-22-28-24(29-33-22)20-10-7-15-34-20/h6-10,15-17,23H,3-5,11-14H2,1-2H3,(H,26,32)(H,27,31)/t17-,23+/m1/s1. The number of anilines is 2. The molecule has 0 bridgehead atoms. The summed E-state index contributed by atoms with van der Waals surface area (Å²) in [5, 5.41) is 11.8. The van der Waals surface area contributed by atoms with Gasteiger partial charge in [-0.25, -0.2) is 0 Å². The second-order valence-corrected chi connectivity index (χ2v) is 9.60. The highest BCUT2D eigenvalue weighted by Crippen LogP contribution is 2.24. The van der Waals surface area contributed by atoms with Crippen LogP contribution in [0, 0.1) is 5.92 Å². The summed E-state index contributed by atoms with van der Waals surface area (Å²) < 4.78 is 5.27. The van der Waals surface area contributed by atoms with Crippen molar-refractivity contribution in [2.75, 3.05) is 23.3 Å². The van der Waals surface area contributed by atoms with E-state index in [2.05, 4.69) is 31.7 Å². The van der Waals surface area contributed by atoms with E-state index >= 15 is 0 Å². The Bertz CT molecular complexity index is 1090. The smallest absolute Gasteiger partial charge is 0.247 e. The first-order chi connectivity index (χ1) is 16.5. The first-order valence-corrected chi connectivity index (χ1v) is 12.7. The molecule has 3 aromatic rings. The highest BCUT2D eigenvalue weighted by atomic mass is 32.1. The number of carbonyl (C=O) groups is 2. The molecule has 0 radical (unpaired) electrons. The van der Waals surface area contributed by atoms with Crippen LogP contribution in [0.4, 0.5) is 11.4 Å². The minimum Gasteiger partial charge on any atom is -0.371 e. The van der Waals surface area contributed by atoms with Crippen LogP contribution in [0.2, 0.25) is 0 Å². The average molecular weight is 482 g/mol. The average Bonchev–Trinajstić information content (AvgIpc) is 3.63. The van der Waals surface area contributed by atoms with Crippen molar-refractivity contribution in [3.63, 3.8) is 0 Å². The summed E-state index contributed by atoms with van der Waals surface area (Å²) in [5.41, 5.74) is 1.85. The molecule has 180 valence electrons. The lowest BCUT2D eigenvalue weighted by Gasteiger charge is -2.24. The Kier molecular flexibility index (Phi) is 7.95. The third-order valence-corrected chi connectivity index (χ3v) is 7.04. The van der Waals surface area contributed by atoms with Gasteiger partial charge in [0.15, 0.2) is 0 Å². The quantitative estimate of drug-likeness (QED) is 0.442. The van der Waals surface area contributed by atoms with E-state index in [0.717, 1.165) is 35.8 Å². The van der Waals surface area contributed by atoms with Crippen LogP contribution in [0.3, 0.4) is 0 Å². The van der Waals surface area contributed by atoms with Crippen molar-refractivity contribution >= 4 is 34.5 Å². The molecular weight excluding hydrogens is 450 g/mol. The zero-order chi connectivity index (χ0) is 23.9. The van der Waals surface area contributed by atoms with Gasteiger partial charge in [0.1, 0.15) is 6.04 Å². The van der Waals surface area contributed by atoms with Gasteiger partial charge in [-0.15, -0.1) is 11.3 Å². The molecule has 2 amide bonds. The van der Waals surface area contributed by atoms with Gasteiger partial charge < -0.3 is 20.1 Å². The topological polar surface area (TPSA) is 100 Å². The number of thiophene rings is 1. The van der Waals surface area contributed by atoms with Gasteiger partial charge in [-0.1, -0.05) is 37.6 Å². The summed E-state index contributed by atoms with van der Waals surface area (Å²) in [6.45, 7) is 6.06. The Morgan fingerprint density at radius 3 is 2.76 bits per heavy atom. The van der Waals surface area contributed by atoms with E-state index in [1.807, 2.05) is 49.6 Å². The van der Waals surface area contributed by atoms with Crippen molar-refractivity contribution in [2.45, 2.75) is 52.0 Å². The van der Waals surface area contributed by atoms with Crippen molar-refractivity contribution < 1.29 is 14.1 Å². The fourth-order valence-corrected chi connectivity index (χ4v) is 4.66. The van der Waals surface area contributed by atoms with Crippen LogP contribution in [0.15, 0.2) is 46.3 Å². The van der Waals surface area contributed by atoms with E-state index in [-0.39, 0.29) is 24.2 Å². The number of hydrogen-bond donors (Lipinski definition) is 2. The molecule has 4 rings (SSSR count). The number of nitrogens with one attached hydrogen (secondary N) is 2. The van der Waals surface area contributed by atoms with Crippen LogP contribution in [-0.4, -0.2) is 41.1 Å². The van der Waals surface area contributed by atoms with Crippen molar-refractivity contribution in [2.24, 2.45) is 5.92 Å². The Labute approximate surface area is 203 Å². The first kappa shape index (κ1) is 23.9. The van der Waals surface area contributed by atoms with Crippen LogP contribution in [0.5, 0.6) is 0 Å². The summed E-state index contributed by atoms with van der Waals surface area (Å²) in [4.78, 5) is 33.4. The van der Waals surface area contributed by atoms with Gasteiger partial charge >= 0.3 is 0 Å². The highest BCUT2D eigenvalue weighted by molar-refractivity contribution is 7.13. The van der Waals surface area contributed by atoms with Crippen LogP contribution < -0.4 is 15.5 Å². The lowest BCUT2D eigenvalue weighted by Crippen LogP contribution is -2.47. The second kappa shape index (κ2) is 11.3. The van der Waals surface area contributed by atoms with Gasteiger partial charge in [0.25, 0.3) is 0 Å². The number of benzene rings is 1. The summed E-state index contributed by atoms with van der Waals surface area (Å²) >= 11 is 1.53. The third kappa shape index (κ3) is 6.02. The normalized spacial score (nSPS) is 15.2. The second-order valence-electron chi connectivity index (χ2n) is 8.65. The predicted octanol–water partition coefficient (Wildman–Crippen LogP) is 4.50. The molecule has 0 saturated carbocycles. The number of amides is 2. The molecule has 3 heterocycles. The number of nitrogens with zero attached hydrogens (tertiary/aromatic N) is 3. The molecule has 0 aliphatic carbocycles. The van der Waals surface area contributed by atoms with Gasteiger partial charge in [-0.2, -0.15) is 4.98 Å². The van der Waals surface area contributed by atoms with E-state index in [1.54, 1.807) is 0 Å². The monoisotopic (exact) mass is 481 g/mol. The van der Waals surface area contributed by atoms with Crippen LogP contribution >= 0.6 is 11.3 Å². The number of carbonyl (C=O) groups excluding carboxylic acids is 2. The maximum Gasteiger partial charge on any atom is 0.247 e. The van der Waals surface area contributed by atoms with Crippen molar-refractivity contribution in [3.05, 3.63) is 47.7 Å². The zero-order valence-corrected chi connectivity index (χ0v) is 20.4. The fraction of sp³-hybridized carbons (Fsp3) is 0.440. The molecular formula is C25H31N5O3S. The van der Waals surface area contributed by atoms with E-state index in [1.165, 1.54) is 24.2 Å². The number of aromatic nitrogens is 2. The maximum absolute atomic E-state index is 13.1. The van der Waals surface area contributed by atoms with Crippen LogP contribution in [0.1, 0.15) is 45.4 Å². The zero-order valence-electron chi connectivity index (χ0n) is 19.6. The fourth-order valence-electron chi connectivity index (χ4n) is 4.01.